The molecule has 2 rings (SSSR count). The minimum absolute atomic E-state index is 0.0305. The van der Waals surface area contributed by atoms with E-state index in [-0.39, 0.29) is 17.9 Å². The highest BCUT2D eigenvalue weighted by atomic mass is 35.5. The molecule has 17 heavy (non-hydrogen) atoms. The van der Waals surface area contributed by atoms with E-state index in [0.29, 0.717) is 28.6 Å². The van der Waals surface area contributed by atoms with Crippen LogP contribution in [0.1, 0.15) is 16.8 Å². The molecular formula is C12H13Cl2NO2. The molecule has 0 bridgehead atoms. The number of hydrogen-bond donors (Lipinski definition) is 1. The Morgan fingerprint density at radius 1 is 1.47 bits per heavy atom. The van der Waals surface area contributed by atoms with Crippen LogP contribution >= 0.6 is 23.2 Å². The molecule has 0 spiro atoms. The van der Waals surface area contributed by atoms with Crippen LogP contribution in [0, 0.1) is 0 Å². The number of carbonyl (C=O) groups excluding carboxylic acids is 1. The number of nitrogens with one attached hydrogen (secondary N) is 1. The third kappa shape index (κ3) is 2.63. The van der Waals surface area contributed by atoms with E-state index in [1.54, 1.807) is 25.3 Å². The van der Waals surface area contributed by atoms with Gasteiger partial charge in [0.1, 0.15) is 0 Å². The molecule has 0 aliphatic carbocycles. The summed E-state index contributed by atoms with van der Waals surface area (Å²) in [6.07, 6.45) is 0.750. The van der Waals surface area contributed by atoms with Crippen LogP contribution in [-0.2, 0) is 4.74 Å². The predicted octanol–water partition coefficient (Wildman–Crippen LogP) is 2.55. The maximum atomic E-state index is 12.2. The zero-order chi connectivity index (χ0) is 12.4. The lowest BCUT2D eigenvalue weighted by Crippen LogP contribution is -2.30. The van der Waals surface area contributed by atoms with Gasteiger partial charge in [-0.15, -0.1) is 0 Å². The molecule has 2 atom stereocenters. The number of Topliss-reactive ketones (excluding diaryl/α,β-unsaturated/α-hetero) is 1. The molecule has 1 aromatic carbocycles. The largest absolute Gasteiger partial charge is 0.380 e. The van der Waals surface area contributed by atoms with Crippen LogP contribution in [0.2, 0.25) is 10.0 Å². The standard InChI is InChI=1S/C12H13Cl2NO2/c1-17-7-5-10(15-6-7)12(16)8-3-2-4-9(13)11(8)14/h2-4,7,10,15H,5-6H2,1H3. The monoisotopic (exact) mass is 273 g/mol. The van der Waals surface area contributed by atoms with Crippen LogP contribution in [0.25, 0.3) is 0 Å². The molecule has 3 nitrogen and oxygen atoms in total. The summed E-state index contributed by atoms with van der Waals surface area (Å²) < 4.78 is 5.21. The normalized spacial score (nSPS) is 23.9. The lowest BCUT2D eigenvalue weighted by Gasteiger charge is -2.11. The highest BCUT2D eigenvalue weighted by Gasteiger charge is 2.31. The van der Waals surface area contributed by atoms with Gasteiger partial charge in [0, 0.05) is 19.2 Å². The number of rotatable bonds is 3. The summed E-state index contributed by atoms with van der Waals surface area (Å²) in [4.78, 5) is 12.2. The van der Waals surface area contributed by atoms with Crippen molar-refractivity contribution in [3.63, 3.8) is 0 Å². The molecule has 0 amide bonds. The van der Waals surface area contributed by atoms with Gasteiger partial charge in [-0.2, -0.15) is 0 Å². The van der Waals surface area contributed by atoms with Crippen LogP contribution in [-0.4, -0.2) is 31.6 Å². The van der Waals surface area contributed by atoms with Gasteiger partial charge in [-0.3, -0.25) is 4.79 Å². The first-order valence-corrected chi connectivity index (χ1v) is 6.13. The van der Waals surface area contributed by atoms with Crippen molar-refractivity contribution in [3.05, 3.63) is 33.8 Å². The summed E-state index contributed by atoms with van der Waals surface area (Å²) in [5, 5.41) is 3.85. The van der Waals surface area contributed by atoms with Gasteiger partial charge in [-0.1, -0.05) is 29.3 Å². The number of ketones is 1. The number of carbonyl (C=O) groups is 1. The fourth-order valence-electron chi connectivity index (χ4n) is 1.96. The zero-order valence-electron chi connectivity index (χ0n) is 9.37. The number of ether oxygens (including phenoxy) is 1. The van der Waals surface area contributed by atoms with Crippen LogP contribution < -0.4 is 5.32 Å². The van der Waals surface area contributed by atoms with Crippen LogP contribution in [0.5, 0.6) is 0 Å². The van der Waals surface area contributed by atoms with Gasteiger partial charge in [0.2, 0.25) is 0 Å². The minimum Gasteiger partial charge on any atom is -0.380 e. The highest BCUT2D eigenvalue weighted by Crippen LogP contribution is 2.27. The van der Waals surface area contributed by atoms with Gasteiger partial charge in [0.05, 0.1) is 22.2 Å². The Morgan fingerprint density at radius 2 is 2.24 bits per heavy atom. The summed E-state index contributed by atoms with van der Waals surface area (Å²) in [5.41, 5.74) is 0.466. The minimum atomic E-state index is -0.240. The Balaban J connectivity index is 2.18. The average Bonchev–Trinajstić information content (AvgIpc) is 2.80. The third-order valence-corrected chi connectivity index (χ3v) is 3.78. The Hall–Kier alpha value is -0.610. The average molecular weight is 274 g/mol. The molecule has 1 heterocycles. The van der Waals surface area contributed by atoms with E-state index in [1.165, 1.54) is 0 Å². The molecule has 0 aromatic heterocycles. The van der Waals surface area contributed by atoms with E-state index in [1.807, 2.05) is 0 Å². The fourth-order valence-corrected chi connectivity index (χ4v) is 2.36. The van der Waals surface area contributed by atoms with Crippen molar-refractivity contribution < 1.29 is 9.53 Å². The van der Waals surface area contributed by atoms with Crippen molar-refractivity contribution in [2.75, 3.05) is 13.7 Å². The highest BCUT2D eigenvalue weighted by molar-refractivity contribution is 6.44. The molecule has 5 heteroatoms. The number of methoxy groups -OCH3 is 1. The first-order chi connectivity index (χ1) is 8.13. The number of halogens is 2. The zero-order valence-corrected chi connectivity index (χ0v) is 10.9. The van der Waals surface area contributed by atoms with Crippen molar-refractivity contribution >= 4 is 29.0 Å². The summed E-state index contributed by atoms with van der Waals surface area (Å²) >= 11 is 11.9. The maximum Gasteiger partial charge on any atom is 0.181 e. The maximum absolute atomic E-state index is 12.2. The molecule has 0 saturated carbocycles. The summed E-state index contributed by atoms with van der Waals surface area (Å²) in [6.45, 7) is 0.686. The predicted molar refractivity (Wildman–Crippen MR) is 68.0 cm³/mol. The topological polar surface area (TPSA) is 38.3 Å². The van der Waals surface area contributed by atoms with Crippen LogP contribution in [0.3, 0.4) is 0 Å². The van der Waals surface area contributed by atoms with E-state index in [9.17, 15) is 4.79 Å². The third-order valence-electron chi connectivity index (χ3n) is 2.96. The van der Waals surface area contributed by atoms with Crippen LogP contribution in [0.4, 0.5) is 0 Å². The van der Waals surface area contributed by atoms with Gasteiger partial charge in [0.25, 0.3) is 0 Å². The molecule has 1 aliphatic heterocycles. The molecule has 1 saturated heterocycles. The molecule has 1 N–H and O–H groups in total. The summed E-state index contributed by atoms with van der Waals surface area (Å²) in [7, 11) is 1.64. The van der Waals surface area contributed by atoms with Crippen LogP contribution in [0.15, 0.2) is 18.2 Å². The van der Waals surface area contributed by atoms with E-state index >= 15 is 0 Å². The van der Waals surface area contributed by atoms with Gasteiger partial charge >= 0.3 is 0 Å². The second-order valence-electron chi connectivity index (χ2n) is 4.02. The lowest BCUT2D eigenvalue weighted by molar-refractivity contribution is 0.0919. The van der Waals surface area contributed by atoms with Gasteiger partial charge in [-0.25, -0.2) is 0 Å². The summed E-state index contributed by atoms with van der Waals surface area (Å²) in [5.74, 6) is -0.0305. The molecule has 2 unspecified atom stereocenters. The Labute approximate surface area is 110 Å². The van der Waals surface area contributed by atoms with E-state index < -0.39 is 0 Å². The first-order valence-electron chi connectivity index (χ1n) is 5.38. The number of hydrogen-bond acceptors (Lipinski definition) is 3. The lowest BCUT2D eigenvalue weighted by atomic mass is 10.0. The fraction of sp³-hybridized carbons (Fsp3) is 0.417. The molecule has 92 valence electrons. The Bertz CT molecular complexity index is 437. The Kier molecular flexibility index (Phi) is 4.05. The quantitative estimate of drug-likeness (QED) is 0.861. The van der Waals surface area contributed by atoms with Crippen molar-refractivity contribution in [1.29, 1.82) is 0 Å². The second-order valence-corrected chi connectivity index (χ2v) is 4.81. The number of benzene rings is 1. The summed E-state index contributed by atoms with van der Waals surface area (Å²) in [6, 6.07) is 4.85. The van der Waals surface area contributed by atoms with Gasteiger partial charge in [-0.05, 0) is 18.6 Å². The van der Waals surface area contributed by atoms with E-state index in [0.717, 1.165) is 0 Å². The van der Waals surface area contributed by atoms with E-state index in [4.69, 9.17) is 27.9 Å². The molecule has 0 radical (unpaired) electrons. The smallest absolute Gasteiger partial charge is 0.181 e. The first kappa shape index (κ1) is 12.8. The Morgan fingerprint density at radius 3 is 2.88 bits per heavy atom. The van der Waals surface area contributed by atoms with Gasteiger partial charge in [0.15, 0.2) is 5.78 Å². The molecular weight excluding hydrogens is 261 g/mol. The second kappa shape index (κ2) is 5.36. The van der Waals surface area contributed by atoms with Crippen molar-refractivity contribution in [2.45, 2.75) is 18.6 Å². The van der Waals surface area contributed by atoms with Crippen molar-refractivity contribution in [3.8, 4) is 0 Å². The molecule has 1 aliphatic rings. The van der Waals surface area contributed by atoms with Crippen molar-refractivity contribution in [1.82, 2.24) is 5.32 Å². The van der Waals surface area contributed by atoms with Crippen molar-refractivity contribution in [2.24, 2.45) is 0 Å². The molecule has 1 aromatic rings. The SMILES string of the molecule is COC1CNC(C(=O)c2cccc(Cl)c2Cl)C1. The van der Waals surface area contributed by atoms with Gasteiger partial charge < -0.3 is 10.1 Å². The molecule has 1 fully saturated rings. The van der Waals surface area contributed by atoms with E-state index in [2.05, 4.69) is 5.32 Å².